The van der Waals surface area contributed by atoms with Crippen LogP contribution < -0.4 is 10.1 Å². The molecule has 1 saturated heterocycles. The maximum atomic E-state index is 11.6. The molecule has 0 bridgehead atoms. The fourth-order valence-electron chi connectivity index (χ4n) is 2.60. The number of para-hydroxylation sites is 1. The SMILES string of the molecule is CCNC(=O)CN1CCN(CCOc2ccccc2C#N)CC1. The van der Waals surface area contributed by atoms with Gasteiger partial charge in [-0.2, -0.15) is 5.26 Å². The number of likely N-dealkylation sites (N-methyl/N-ethyl adjacent to an activating group) is 1. The monoisotopic (exact) mass is 316 g/mol. The van der Waals surface area contributed by atoms with Crippen LogP contribution in [0.15, 0.2) is 24.3 Å². The van der Waals surface area contributed by atoms with Crippen LogP contribution in [0.3, 0.4) is 0 Å². The highest BCUT2D eigenvalue weighted by atomic mass is 16.5. The van der Waals surface area contributed by atoms with Crippen molar-refractivity contribution >= 4 is 5.91 Å². The summed E-state index contributed by atoms with van der Waals surface area (Å²) in [5, 5.41) is 11.9. The van der Waals surface area contributed by atoms with Crippen molar-refractivity contribution in [3.63, 3.8) is 0 Å². The highest BCUT2D eigenvalue weighted by molar-refractivity contribution is 5.77. The lowest BCUT2D eigenvalue weighted by atomic mass is 10.2. The van der Waals surface area contributed by atoms with Gasteiger partial charge in [-0.25, -0.2) is 0 Å². The molecule has 1 N–H and O–H groups in total. The number of carbonyl (C=O) groups excluding carboxylic acids is 1. The number of piperazine rings is 1. The number of hydrogen-bond acceptors (Lipinski definition) is 5. The van der Waals surface area contributed by atoms with Gasteiger partial charge in [0.05, 0.1) is 12.1 Å². The second kappa shape index (κ2) is 9.13. The van der Waals surface area contributed by atoms with Gasteiger partial charge in [-0.15, -0.1) is 0 Å². The summed E-state index contributed by atoms with van der Waals surface area (Å²) >= 11 is 0. The molecule has 1 fully saturated rings. The zero-order valence-electron chi connectivity index (χ0n) is 13.6. The molecule has 0 aromatic heterocycles. The lowest BCUT2D eigenvalue weighted by Crippen LogP contribution is -2.50. The Bertz CT molecular complexity index is 548. The predicted octanol–water partition coefficient (Wildman–Crippen LogP) is 0.691. The Balaban J connectivity index is 1.67. The number of nitrogens with one attached hydrogen (secondary N) is 1. The van der Waals surface area contributed by atoms with Gasteiger partial charge in [-0.3, -0.25) is 14.6 Å². The molecule has 124 valence electrons. The van der Waals surface area contributed by atoms with Gasteiger partial charge in [0.2, 0.25) is 5.91 Å². The predicted molar refractivity (Wildman–Crippen MR) is 88.2 cm³/mol. The summed E-state index contributed by atoms with van der Waals surface area (Å²) in [6.45, 7) is 8.14. The molecule has 1 aromatic rings. The third-order valence-electron chi connectivity index (χ3n) is 3.88. The first kappa shape index (κ1) is 17.3. The summed E-state index contributed by atoms with van der Waals surface area (Å²) in [4.78, 5) is 16.1. The fraction of sp³-hybridized carbons (Fsp3) is 0.529. The van der Waals surface area contributed by atoms with Crippen LogP contribution in [-0.2, 0) is 4.79 Å². The van der Waals surface area contributed by atoms with Gasteiger partial charge in [-0.1, -0.05) is 12.1 Å². The molecule has 0 atom stereocenters. The van der Waals surface area contributed by atoms with Crippen LogP contribution in [0.25, 0.3) is 0 Å². The number of carbonyl (C=O) groups is 1. The third kappa shape index (κ3) is 5.55. The third-order valence-corrected chi connectivity index (χ3v) is 3.88. The van der Waals surface area contributed by atoms with Crippen molar-refractivity contribution in [3.05, 3.63) is 29.8 Å². The highest BCUT2D eigenvalue weighted by Crippen LogP contribution is 2.16. The molecule has 1 heterocycles. The van der Waals surface area contributed by atoms with E-state index in [1.54, 1.807) is 6.07 Å². The number of benzene rings is 1. The molecule has 0 aliphatic carbocycles. The summed E-state index contributed by atoms with van der Waals surface area (Å²) < 4.78 is 5.71. The van der Waals surface area contributed by atoms with E-state index in [0.29, 0.717) is 31.0 Å². The summed E-state index contributed by atoms with van der Waals surface area (Å²) in [6.07, 6.45) is 0. The van der Waals surface area contributed by atoms with Crippen LogP contribution in [0.1, 0.15) is 12.5 Å². The molecular weight excluding hydrogens is 292 g/mol. The molecule has 1 aliphatic rings. The van der Waals surface area contributed by atoms with Gasteiger partial charge < -0.3 is 10.1 Å². The van der Waals surface area contributed by atoms with E-state index in [-0.39, 0.29) is 5.91 Å². The normalized spacial score (nSPS) is 15.8. The van der Waals surface area contributed by atoms with E-state index in [1.807, 2.05) is 25.1 Å². The zero-order valence-corrected chi connectivity index (χ0v) is 13.6. The van der Waals surface area contributed by atoms with E-state index < -0.39 is 0 Å². The number of nitrogens with zero attached hydrogens (tertiary/aromatic N) is 3. The molecule has 0 radical (unpaired) electrons. The Morgan fingerprint density at radius 1 is 1.26 bits per heavy atom. The number of rotatable bonds is 7. The maximum absolute atomic E-state index is 11.6. The van der Waals surface area contributed by atoms with E-state index in [0.717, 1.165) is 32.7 Å². The lowest BCUT2D eigenvalue weighted by molar-refractivity contribution is -0.122. The van der Waals surface area contributed by atoms with E-state index >= 15 is 0 Å². The van der Waals surface area contributed by atoms with E-state index in [9.17, 15) is 4.79 Å². The van der Waals surface area contributed by atoms with E-state index in [1.165, 1.54) is 0 Å². The van der Waals surface area contributed by atoms with Crippen molar-refractivity contribution in [1.29, 1.82) is 5.26 Å². The van der Waals surface area contributed by atoms with Crippen LogP contribution in [-0.4, -0.2) is 68.1 Å². The first-order valence-corrected chi connectivity index (χ1v) is 8.06. The Labute approximate surface area is 137 Å². The first-order valence-electron chi connectivity index (χ1n) is 8.06. The van der Waals surface area contributed by atoms with Gasteiger partial charge in [0.15, 0.2) is 0 Å². The molecule has 23 heavy (non-hydrogen) atoms. The van der Waals surface area contributed by atoms with Crippen molar-refractivity contribution in [1.82, 2.24) is 15.1 Å². The molecule has 2 rings (SSSR count). The van der Waals surface area contributed by atoms with Crippen LogP contribution in [0.5, 0.6) is 5.75 Å². The topological polar surface area (TPSA) is 68.6 Å². The van der Waals surface area contributed by atoms with Crippen LogP contribution in [0.4, 0.5) is 0 Å². The number of nitriles is 1. The van der Waals surface area contributed by atoms with Gasteiger partial charge in [0, 0.05) is 39.3 Å². The number of hydrogen-bond donors (Lipinski definition) is 1. The summed E-state index contributed by atoms with van der Waals surface area (Å²) in [6, 6.07) is 9.42. The zero-order chi connectivity index (χ0) is 16.5. The summed E-state index contributed by atoms with van der Waals surface area (Å²) in [7, 11) is 0. The van der Waals surface area contributed by atoms with Gasteiger partial charge >= 0.3 is 0 Å². The Hall–Kier alpha value is -2.10. The molecule has 0 spiro atoms. The van der Waals surface area contributed by atoms with E-state index in [2.05, 4.69) is 21.2 Å². The number of amides is 1. The minimum absolute atomic E-state index is 0.0948. The molecule has 0 saturated carbocycles. The molecule has 1 amide bonds. The van der Waals surface area contributed by atoms with Gasteiger partial charge in [-0.05, 0) is 19.1 Å². The van der Waals surface area contributed by atoms with Crippen LogP contribution in [0.2, 0.25) is 0 Å². The van der Waals surface area contributed by atoms with Gasteiger partial charge in [0.1, 0.15) is 18.4 Å². The summed E-state index contributed by atoms with van der Waals surface area (Å²) in [5.41, 5.74) is 0.569. The van der Waals surface area contributed by atoms with Crippen molar-refractivity contribution < 1.29 is 9.53 Å². The Morgan fingerprint density at radius 3 is 2.65 bits per heavy atom. The quantitative estimate of drug-likeness (QED) is 0.801. The van der Waals surface area contributed by atoms with Crippen molar-refractivity contribution in [2.24, 2.45) is 0 Å². The molecule has 0 unspecified atom stereocenters. The van der Waals surface area contributed by atoms with Crippen molar-refractivity contribution in [2.45, 2.75) is 6.92 Å². The van der Waals surface area contributed by atoms with Crippen molar-refractivity contribution in [2.75, 3.05) is 52.4 Å². The Morgan fingerprint density at radius 2 is 1.96 bits per heavy atom. The second-order valence-electron chi connectivity index (χ2n) is 5.53. The van der Waals surface area contributed by atoms with E-state index in [4.69, 9.17) is 10.00 Å². The minimum atomic E-state index is 0.0948. The minimum Gasteiger partial charge on any atom is -0.491 e. The average Bonchev–Trinajstić information content (AvgIpc) is 2.57. The van der Waals surface area contributed by atoms with Gasteiger partial charge in [0.25, 0.3) is 0 Å². The second-order valence-corrected chi connectivity index (χ2v) is 5.53. The lowest BCUT2D eigenvalue weighted by Gasteiger charge is -2.34. The maximum Gasteiger partial charge on any atom is 0.234 e. The fourth-order valence-corrected chi connectivity index (χ4v) is 2.60. The van der Waals surface area contributed by atoms with Crippen molar-refractivity contribution in [3.8, 4) is 11.8 Å². The number of ether oxygens (including phenoxy) is 1. The van der Waals surface area contributed by atoms with Crippen LogP contribution >= 0.6 is 0 Å². The average molecular weight is 316 g/mol. The smallest absolute Gasteiger partial charge is 0.234 e. The molecule has 6 heteroatoms. The molecule has 1 aromatic carbocycles. The molecule has 6 nitrogen and oxygen atoms in total. The largest absolute Gasteiger partial charge is 0.491 e. The van der Waals surface area contributed by atoms with Crippen LogP contribution in [0, 0.1) is 11.3 Å². The summed E-state index contributed by atoms with van der Waals surface area (Å²) in [5.74, 6) is 0.738. The highest BCUT2D eigenvalue weighted by Gasteiger charge is 2.18. The molecular formula is C17H24N4O2. The molecule has 1 aliphatic heterocycles. The first-order chi connectivity index (χ1) is 11.2. The standard InChI is InChI=1S/C17H24N4O2/c1-2-19-17(22)14-21-9-7-20(8-10-21)11-12-23-16-6-4-3-5-15(16)13-18/h3-6H,2,7-12,14H2,1H3,(H,19,22). The Kier molecular flexibility index (Phi) is 6.85.